The fourth-order valence-corrected chi connectivity index (χ4v) is 2.50. The lowest BCUT2D eigenvalue weighted by atomic mass is 10.2. The Balaban J connectivity index is 1.60. The van der Waals surface area contributed by atoms with E-state index in [1.165, 1.54) is 12.1 Å². The Hall–Kier alpha value is -2.54. The molecule has 1 aliphatic heterocycles. The van der Waals surface area contributed by atoms with Crippen LogP contribution in [0.5, 0.6) is 5.75 Å². The minimum atomic E-state index is -0.485. The number of hydrogen-bond donors (Lipinski definition) is 0. The topological polar surface area (TPSA) is 64.6 Å². The lowest BCUT2D eigenvalue weighted by molar-refractivity contribution is -0.141. The lowest BCUT2D eigenvalue weighted by Crippen LogP contribution is -2.44. The molecule has 0 radical (unpaired) electrons. The highest BCUT2D eigenvalue weighted by Crippen LogP contribution is 2.21. The maximum Gasteiger partial charge on any atom is 0.260 e. The number of halogens is 1. The molecule has 3 rings (SSSR count). The Labute approximate surface area is 139 Å². The highest BCUT2D eigenvalue weighted by Gasteiger charge is 2.26. The third-order valence-electron chi connectivity index (χ3n) is 3.73. The number of benzene rings is 1. The third kappa shape index (κ3) is 3.86. The summed E-state index contributed by atoms with van der Waals surface area (Å²) in [5.74, 6) is 0.0310. The van der Waals surface area contributed by atoms with Crippen molar-refractivity contribution in [2.24, 2.45) is 0 Å². The molecule has 1 amide bonds. The Kier molecular flexibility index (Phi) is 5.00. The smallest absolute Gasteiger partial charge is 0.260 e. The molecule has 2 aromatic rings. The van der Waals surface area contributed by atoms with Gasteiger partial charge in [0.25, 0.3) is 5.91 Å². The SMILES string of the molecule is Cc1nccc([C@@H]2CN(C(=O)COc3ccccc3F)CCO2)n1. The van der Waals surface area contributed by atoms with Crippen molar-refractivity contribution in [2.45, 2.75) is 13.0 Å². The largest absolute Gasteiger partial charge is 0.481 e. The van der Waals surface area contributed by atoms with E-state index >= 15 is 0 Å². The average molecular weight is 331 g/mol. The zero-order valence-electron chi connectivity index (χ0n) is 13.3. The summed E-state index contributed by atoms with van der Waals surface area (Å²) in [5.41, 5.74) is 0.745. The quantitative estimate of drug-likeness (QED) is 0.856. The molecular formula is C17H18FN3O3. The van der Waals surface area contributed by atoms with Crippen molar-refractivity contribution in [1.29, 1.82) is 0 Å². The van der Waals surface area contributed by atoms with Crippen LogP contribution in [0.2, 0.25) is 0 Å². The van der Waals surface area contributed by atoms with Crippen LogP contribution in [-0.2, 0) is 9.53 Å². The fourth-order valence-electron chi connectivity index (χ4n) is 2.50. The van der Waals surface area contributed by atoms with Gasteiger partial charge in [-0.15, -0.1) is 0 Å². The molecule has 6 nitrogen and oxygen atoms in total. The number of morpholine rings is 1. The van der Waals surface area contributed by atoms with E-state index in [0.29, 0.717) is 25.5 Å². The van der Waals surface area contributed by atoms with Crippen molar-refractivity contribution in [2.75, 3.05) is 26.3 Å². The molecule has 1 atom stereocenters. The first-order valence-corrected chi connectivity index (χ1v) is 7.70. The molecule has 2 heterocycles. The number of ether oxygens (including phenoxy) is 2. The lowest BCUT2D eigenvalue weighted by Gasteiger charge is -2.32. The third-order valence-corrected chi connectivity index (χ3v) is 3.73. The molecule has 0 N–H and O–H groups in total. The van der Waals surface area contributed by atoms with E-state index in [-0.39, 0.29) is 24.4 Å². The second kappa shape index (κ2) is 7.35. The first-order valence-electron chi connectivity index (χ1n) is 7.70. The summed E-state index contributed by atoms with van der Waals surface area (Å²) in [6, 6.07) is 7.79. The molecule has 126 valence electrons. The van der Waals surface area contributed by atoms with E-state index in [9.17, 15) is 9.18 Å². The van der Waals surface area contributed by atoms with Crippen molar-refractivity contribution in [3.8, 4) is 5.75 Å². The Morgan fingerprint density at radius 2 is 2.25 bits per heavy atom. The standard InChI is InChI=1S/C17H18FN3O3/c1-12-19-7-6-14(20-12)16-10-21(8-9-23-16)17(22)11-24-15-5-3-2-4-13(15)18/h2-7,16H,8-11H2,1H3/t16-/m0/s1. The van der Waals surface area contributed by atoms with Gasteiger partial charge in [-0.3, -0.25) is 4.79 Å². The van der Waals surface area contributed by atoms with Crippen LogP contribution < -0.4 is 4.74 Å². The zero-order chi connectivity index (χ0) is 16.9. The monoisotopic (exact) mass is 331 g/mol. The average Bonchev–Trinajstić information content (AvgIpc) is 2.61. The predicted molar refractivity (Wildman–Crippen MR) is 83.9 cm³/mol. The number of carbonyl (C=O) groups is 1. The second-order valence-corrected chi connectivity index (χ2v) is 5.45. The Morgan fingerprint density at radius 3 is 3.04 bits per heavy atom. The summed E-state index contributed by atoms with van der Waals surface area (Å²) in [4.78, 5) is 22.4. The van der Waals surface area contributed by atoms with Gasteiger partial charge in [0, 0.05) is 12.7 Å². The highest BCUT2D eigenvalue weighted by atomic mass is 19.1. The van der Waals surface area contributed by atoms with Gasteiger partial charge in [0.1, 0.15) is 11.9 Å². The number of aromatic nitrogens is 2. The van der Waals surface area contributed by atoms with Crippen LogP contribution in [-0.4, -0.2) is 47.1 Å². The number of amides is 1. The molecule has 0 spiro atoms. The van der Waals surface area contributed by atoms with Crippen molar-refractivity contribution >= 4 is 5.91 Å². The number of rotatable bonds is 4. The predicted octanol–water partition coefficient (Wildman–Crippen LogP) is 1.90. The molecule has 7 heteroatoms. The molecule has 1 aromatic carbocycles. The molecule has 0 unspecified atom stereocenters. The van der Waals surface area contributed by atoms with E-state index < -0.39 is 5.82 Å². The van der Waals surface area contributed by atoms with E-state index in [4.69, 9.17) is 9.47 Å². The van der Waals surface area contributed by atoms with Crippen LogP contribution in [0.15, 0.2) is 36.5 Å². The number of aryl methyl sites for hydroxylation is 1. The van der Waals surface area contributed by atoms with Gasteiger partial charge in [0.2, 0.25) is 0 Å². The number of carbonyl (C=O) groups excluding carboxylic acids is 1. The molecule has 1 fully saturated rings. The number of nitrogens with zero attached hydrogens (tertiary/aromatic N) is 3. The summed E-state index contributed by atoms with van der Waals surface area (Å²) in [5, 5.41) is 0. The van der Waals surface area contributed by atoms with Crippen LogP contribution in [0.3, 0.4) is 0 Å². The van der Waals surface area contributed by atoms with Gasteiger partial charge < -0.3 is 14.4 Å². The van der Waals surface area contributed by atoms with Gasteiger partial charge in [-0.05, 0) is 25.1 Å². The van der Waals surface area contributed by atoms with E-state index in [1.54, 1.807) is 36.2 Å². The van der Waals surface area contributed by atoms with Crippen LogP contribution in [0.1, 0.15) is 17.6 Å². The maximum absolute atomic E-state index is 13.5. The molecule has 1 aliphatic rings. The first-order chi connectivity index (χ1) is 11.6. The van der Waals surface area contributed by atoms with Gasteiger partial charge >= 0.3 is 0 Å². The van der Waals surface area contributed by atoms with Gasteiger partial charge in [-0.1, -0.05) is 12.1 Å². The summed E-state index contributed by atoms with van der Waals surface area (Å²) >= 11 is 0. The molecular weight excluding hydrogens is 313 g/mol. The van der Waals surface area contributed by atoms with Crippen LogP contribution in [0.4, 0.5) is 4.39 Å². The van der Waals surface area contributed by atoms with Gasteiger partial charge in [-0.2, -0.15) is 0 Å². The molecule has 1 saturated heterocycles. The number of para-hydroxylation sites is 1. The Morgan fingerprint density at radius 1 is 1.42 bits per heavy atom. The fraction of sp³-hybridized carbons (Fsp3) is 0.353. The summed E-state index contributed by atoms with van der Waals surface area (Å²) in [7, 11) is 0. The second-order valence-electron chi connectivity index (χ2n) is 5.45. The first kappa shape index (κ1) is 16.3. The maximum atomic E-state index is 13.5. The van der Waals surface area contributed by atoms with Crippen LogP contribution in [0.25, 0.3) is 0 Å². The zero-order valence-corrected chi connectivity index (χ0v) is 13.3. The van der Waals surface area contributed by atoms with Gasteiger partial charge in [-0.25, -0.2) is 14.4 Å². The minimum absolute atomic E-state index is 0.0714. The van der Waals surface area contributed by atoms with Crippen LogP contribution in [0, 0.1) is 12.7 Å². The summed E-state index contributed by atoms with van der Waals surface area (Å²) in [6.45, 7) is 2.86. The highest BCUT2D eigenvalue weighted by molar-refractivity contribution is 5.78. The van der Waals surface area contributed by atoms with E-state index in [1.807, 2.05) is 0 Å². The summed E-state index contributed by atoms with van der Waals surface area (Å²) in [6.07, 6.45) is 1.38. The normalized spacial score (nSPS) is 17.6. The van der Waals surface area contributed by atoms with Crippen LogP contribution >= 0.6 is 0 Å². The molecule has 0 aliphatic carbocycles. The Bertz CT molecular complexity index is 726. The minimum Gasteiger partial charge on any atom is -0.481 e. The van der Waals surface area contributed by atoms with Gasteiger partial charge in [0.15, 0.2) is 18.2 Å². The van der Waals surface area contributed by atoms with Gasteiger partial charge in [0.05, 0.1) is 18.8 Å². The van der Waals surface area contributed by atoms with E-state index in [0.717, 1.165) is 5.69 Å². The number of hydrogen-bond acceptors (Lipinski definition) is 5. The molecule has 0 saturated carbocycles. The van der Waals surface area contributed by atoms with Crippen molar-refractivity contribution in [3.05, 3.63) is 53.9 Å². The molecule has 0 bridgehead atoms. The van der Waals surface area contributed by atoms with Crippen molar-refractivity contribution < 1.29 is 18.7 Å². The van der Waals surface area contributed by atoms with E-state index in [2.05, 4.69) is 9.97 Å². The van der Waals surface area contributed by atoms with Crippen molar-refractivity contribution in [1.82, 2.24) is 14.9 Å². The van der Waals surface area contributed by atoms with Crippen molar-refractivity contribution in [3.63, 3.8) is 0 Å². The molecule has 24 heavy (non-hydrogen) atoms. The molecule has 1 aromatic heterocycles. The summed E-state index contributed by atoms with van der Waals surface area (Å²) < 4.78 is 24.5.